The quantitative estimate of drug-likeness (QED) is 0.752. The van der Waals surface area contributed by atoms with E-state index in [9.17, 15) is 4.79 Å². The number of fused-ring (bicyclic) bond motifs is 1. The molecule has 1 aliphatic carbocycles. The highest BCUT2D eigenvalue weighted by Crippen LogP contribution is 2.30. The Morgan fingerprint density at radius 3 is 2.85 bits per heavy atom. The van der Waals surface area contributed by atoms with Crippen LogP contribution in [0.1, 0.15) is 46.0 Å². The highest BCUT2D eigenvalue weighted by molar-refractivity contribution is 5.95. The van der Waals surface area contributed by atoms with Gasteiger partial charge in [0, 0.05) is 24.0 Å². The first-order chi connectivity index (χ1) is 13.1. The minimum Gasteiger partial charge on any atom is -0.466 e. The molecule has 0 unspecified atom stereocenters. The topological polar surface area (TPSA) is 73.0 Å². The van der Waals surface area contributed by atoms with Crippen LogP contribution in [0.4, 0.5) is 0 Å². The number of furan rings is 1. The van der Waals surface area contributed by atoms with Gasteiger partial charge in [-0.2, -0.15) is 5.10 Å². The second kappa shape index (κ2) is 7.39. The minimum atomic E-state index is -0.102. The zero-order chi connectivity index (χ0) is 18.8. The van der Waals surface area contributed by atoms with Gasteiger partial charge in [-0.25, -0.2) is 0 Å². The van der Waals surface area contributed by atoms with Gasteiger partial charge in [-0.3, -0.25) is 14.5 Å². The van der Waals surface area contributed by atoms with Crippen LogP contribution in [-0.2, 0) is 19.4 Å². The number of hydrogen-bond donors (Lipinski definition) is 1. The smallest absolute Gasteiger partial charge is 0.254 e. The van der Waals surface area contributed by atoms with Gasteiger partial charge in [0.1, 0.15) is 17.2 Å². The number of amides is 1. The summed E-state index contributed by atoms with van der Waals surface area (Å²) in [5.74, 6) is 1.30. The molecule has 0 fully saturated rings. The Balaban J connectivity index is 1.50. The van der Waals surface area contributed by atoms with Crippen molar-refractivity contribution < 1.29 is 9.21 Å². The fourth-order valence-electron chi connectivity index (χ4n) is 3.79. The van der Waals surface area contributed by atoms with Crippen molar-refractivity contribution >= 4 is 5.91 Å². The van der Waals surface area contributed by atoms with E-state index >= 15 is 0 Å². The molecule has 3 heterocycles. The maximum atomic E-state index is 12.4. The molecule has 0 radical (unpaired) electrons. The third kappa shape index (κ3) is 3.52. The molecule has 140 valence electrons. The summed E-state index contributed by atoms with van der Waals surface area (Å²) in [7, 11) is 0. The lowest BCUT2D eigenvalue weighted by Gasteiger charge is -2.14. The highest BCUT2D eigenvalue weighted by atomic mass is 16.3. The van der Waals surface area contributed by atoms with Crippen LogP contribution in [0.5, 0.6) is 0 Å². The Morgan fingerprint density at radius 2 is 2.11 bits per heavy atom. The van der Waals surface area contributed by atoms with Gasteiger partial charge in [0.15, 0.2) is 0 Å². The number of aryl methyl sites for hydroxylation is 2. The number of nitrogens with one attached hydrogen (secondary N) is 1. The van der Waals surface area contributed by atoms with Gasteiger partial charge in [-0.1, -0.05) is 6.07 Å². The van der Waals surface area contributed by atoms with Crippen LogP contribution in [0.3, 0.4) is 0 Å². The van der Waals surface area contributed by atoms with Crippen LogP contribution in [0, 0.1) is 13.8 Å². The molecule has 4 rings (SSSR count). The van der Waals surface area contributed by atoms with E-state index in [0.29, 0.717) is 24.4 Å². The van der Waals surface area contributed by atoms with E-state index in [0.717, 1.165) is 30.0 Å². The van der Waals surface area contributed by atoms with Crippen molar-refractivity contribution in [3.05, 3.63) is 58.8 Å². The third-order valence-corrected chi connectivity index (χ3v) is 5.06. The van der Waals surface area contributed by atoms with Crippen LogP contribution < -0.4 is 5.32 Å². The normalized spacial score (nSPS) is 13.4. The molecule has 0 saturated heterocycles. The molecule has 0 spiro atoms. The Morgan fingerprint density at radius 1 is 1.26 bits per heavy atom. The molecule has 0 atom stereocenters. The van der Waals surface area contributed by atoms with Crippen LogP contribution in [0.15, 0.2) is 34.9 Å². The molecule has 3 aromatic heterocycles. The van der Waals surface area contributed by atoms with E-state index in [1.54, 1.807) is 12.3 Å². The second-order valence-electron chi connectivity index (χ2n) is 7.00. The van der Waals surface area contributed by atoms with Crippen LogP contribution >= 0.6 is 0 Å². The fraction of sp³-hybridized carbons (Fsp3) is 0.381. The summed E-state index contributed by atoms with van der Waals surface area (Å²) < 4.78 is 7.49. The lowest BCUT2D eigenvalue weighted by molar-refractivity contribution is 0.0950. The zero-order valence-corrected chi connectivity index (χ0v) is 15.8. The van der Waals surface area contributed by atoms with E-state index < -0.39 is 0 Å². The summed E-state index contributed by atoms with van der Waals surface area (Å²) in [5.41, 5.74) is 5.10. The number of aromatic nitrogens is 3. The van der Waals surface area contributed by atoms with Crippen molar-refractivity contribution in [2.24, 2.45) is 0 Å². The standard InChI is InChI=1S/C21H24N4O2/c1-14-13-17(15(2)27-14)21(26)23-11-12-25-19-9-4-3-7-16(19)20(24-25)18-8-5-6-10-22-18/h5-6,8,10,13H,3-4,7,9,11-12H2,1-2H3,(H,23,26). The van der Waals surface area contributed by atoms with Crippen molar-refractivity contribution in [1.82, 2.24) is 20.1 Å². The first-order valence-electron chi connectivity index (χ1n) is 9.48. The molecule has 1 N–H and O–H groups in total. The summed E-state index contributed by atoms with van der Waals surface area (Å²) in [4.78, 5) is 16.8. The predicted molar refractivity (Wildman–Crippen MR) is 103 cm³/mol. The first-order valence-corrected chi connectivity index (χ1v) is 9.48. The third-order valence-electron chi connectivity index (χ3n) is 5.06. The highest BCUT2D eigenvalue weighted by Gasteiger charge is 2.22. The van der Waals surface area contributed by atoms with Crippen molar-refractivity contribution in [3.63, 3.8) is 0 Å². The minimum absolute atomic E-state index is 0.102. The summed E-state index contributed by atoms with van der Waals surface area (Å²) >= 11 is 0. The van der Waals surface area contributed by atoms with Crippen molar-refractivity contribution in [3.8, 4) is 11.4 Å². The van der Waals surface area contributed by atoms with Crippen LogP contribution in [-0.4, -0.2) is 27.2 Å². The van der Waals surface area contributed by atoms with E-state index in [1.807, 2.05) is 36.7 Å². The van der Waals surface area contributed by atoms with Gasteiger partial charge < -0.3 is 9.73 Å². The van der Waals surface area contributed by atoms with Gasteiger partial charge in [-0.05, 0) is 57.7 Å². The monoisotopic (exact) mass is 364 g/mol. The second-order valence-corrected chi connectivity index (χ2v) is 7.00. The average molecular weight is 364 g/mol. The average Bonchev–Trinajstić information content (AvgIpc) is 3.22. The predicted octanol–water partition coefficient (Wildman–Crippen LogP) is 3.46. The summed E-state index contributed by atoms with van der Waals surface area (Å²) in [5, 5.41) is 7.82. The fourth-order valence-corrected chi connectivity index (χ4v) is 3.79. The largest absolute Gasteiger partial charge is 0.466 e. The van der Waals surface area contributed by atoms with Crippen molar-refractivity contribution in [1.29, 1.82) is 0 Å². The lowest BCUT2D eigenvalue weighted by atomic mass is 9.95. The molecule has 0 saturated carbocycles. The summed E-state index contributed by atoms with van der Waals surface area (Å²) in [6.07, 6.45) is 6.25. The number of hydrogen-bond acceptors (Lipinski definition) is 4. The van der Waals surface area contributed by atoms with E-state index in [1.165, 1.54) is 24.1 Å². The number of nitrogens with zero attached hydrogens (tertiary/aromatic N) is 3. The molecular formula is C21H24N4O2. The van der Waals surface area contributed by atoms with Crippen LogP contribution in [0.2, 0.25) is 0 Å². The Kier molecular flexibility index (Phi) is 4.79. The number of rotatable bonds is 5. The molecule has 0 aromatic carbocycles. The molecule has 27 heavy (non-hydrogen) atoms. The van der Waals surface area contributed by atoms with Gasteiger partial charge in [-0.15, -0.1) is 0 Å². The van der Waals surface area contributed by atoms with Crippen LogP contribution in [0.25, 0.3) is 11.4 Å². The SMILES string of the molecule is Cc1cc(C(=O)NCCn2nc(-c3ccccn3)c3c2CCCC3)c(C)o1. The maximum Gasteiger partial charge on any atom is 0.254 e. The molecule has 1 amide bonds. The zero-order valence-electron chi connectivity index (χ0n) is 15.8. The number of carbonyl (C=O) groups is 1. The van der Waals surface area contributed by atoms with Gasteiger partial charge in [0.2, 0.25) is 0 Å². The Hall–Kier alpha value is -2.89. The molecule has 6 heteroatoms. The number of pyridine rings is 1. The van der Waals surface area contributed by atoms with Gasteiger partial charge in [0.05, 0.1) is 17.8 Å². The van der Waals surface area contributed by atoms with Crippen molar-refractivity contribution in [2.45, 2.75) is 46.1 Å². The van der Waals surface area contributed by atoms with E-state index in [2.05, 4.69) is 10.3 Å². The molecular weight excluding hydrogens is 340 g/mol. The molecule has 0 bridgehead atoms. The van der Waals surface area contributed by atoms with Gasteiger partial charge in [0.25, 0.3) is 5.91 Å². The first kappa shape index (κ1) is 17.5. The summed E-state index contributed by atoms with van der Waals surface area (Å²) in [6, 6.07) is 7.70. The molecule has 3 aromatic rings. The lowest BCUT2D eigenvalue weighted by Crippen LogP contribution is -2.28. The van der Waals surface area contributed by atoms with Crippen molar-refractivity contribution in [2.75, 3.05) is 6.54 Å². The molecule has 0 aliphatic heterocycles. The number of carbonyl (C=O) groups excluding carboxylic acids is 1. The Bertz CT molecular complexity index is 956. The van der Waals surface area contributed by atoms with Gasteiger partial charge >= 0.3 is 0 Å². The summed E-state index contributed by atoms with van der Waals surface area (Å²) in [6.45, 7) is 4.83. The Labute approximate surface area is 158 Å². The molecule has 6 nitrogen and oxygen atoms in total. The maximum absolute atomic E-state index is 12.4. The molecule has 1 aliphatic rings. The van der Waals surface area contributed by atoms with E-state index in [-0.39, 0.29) is 5.91 Å². The van der Waals surface area contributed by atoms with E-state index in [4.69, 9.17) is 9.52 Å².